The number of thioether (sulfide) groups is 1. The predicted molar refractivity (Wildman–Crippen MR) is 165 cm³/mol. The fourth-order valence-electron chi connectivity index (χ4n) is 4.28. The number of imidazole rings is 1. The third-order valence-electron chi connectivity index (χ3n) is 6.07. The summed E-state index contributed by atoms with van der Waals surface area (Å²) in [6, 6.07) is 11.8. The summed E-state index contributed by atoms with van der Waals surface area (Å²) in [4.78, 5) is 34.0. The summed E-state index contributed by atoms with van der Waals surface area (Å²) >= 11 is 1.66. The van der Waals surface area contributed by atoms with Crippen molar-refractivity contribution in [3.8, 4) is 0 Å². The van der Waals surface area contributed by atoms with E-state index in [4.69, 9.17) is 14.6 Å². The molecule has 1 aromatic carbocycles. The van der Waals surface area contributed by atoms with Crippen molar-refractivity contribution in [1.29, 1.82) is 0 Å². The SMILES string of the molecule is CC.Cc1cnc2c(N(Cc3ccccc3)C(=O)OC(C)(C)C)cc(SC3CCN(C(=O)OC(C)(C)C)CC3)nn12. The Morgan fingerprint density at radius 2 is 1.61 bits per heavy atom. The number of rotatable bonds is 5. The van der Waals surface area contributed by atoms with Gasteiger partial charge in [-0.2, -0.15) is 5.10 Å². The van der Waals surface area contributed by atoms with Crippen molar-refractivity contribution in [3.05, 3.63) is 53.9 Å². The smallest absolute Gasteiger partial charge is 0.415 e. The van der Waals surface area contributed by atoms with Crippen molar-refractivity contribution in [1.82, 2.24) is 19.5 Å². The first-order chi connectivity index (χ1) is 19.3. The molecule has 2 amide bonds. The van der Waals surface area contributed by atoms with Gasteiger partial charge in [-0.1, -0.05) is 44.2 Å². The molecule has 4 rings (SSSR count). The number of carbonyl (C=O) groups excluding carboxylic acids is 2. The molecule has 3 heterocycles. The monoisotopic (exact) mass is 583 g/mol. The number of nitrogens with zero attached hydrogens (tertiary/aromatic N) is 5. The molecule has 0 radical (unpaired) electrons. The lowest BCUT2D eigenvalue weighted by atomic mass is 10.1. The van der Waals surface area contributed by atoms with Gasteiger partial charge in [-0.3, -0.25) is 4.90 Å². The third-order valence-corrected chi connectivity index (χ3v) is 7.31. The number of hydrogen-bond donors (Lipinski definition) is 0. The summed E-state index contributed by atoms with van der Waals surface area (Å²) in [5.41, 5.74) is 1.92. The number of carbonyl (C=O) groups is 2. The zero-order valence-electron chi connectivity index (χ0n) is 25.9. The van der Waals surface area contributed by atoms with Gasteiger partial charge in [0.15, 0.2) is 5.65 Å². The average molecular weight is 584 g/mol. The second kappa shape index (κ2) is 13.6. The van der Waals surface area contributed by atoms with Crippen LogP contribution < -0.4 is 4.90 Å². The van der Waals surface area contributed by atoms with Crippen LogP contribution in [0, 0.1) is 6.92 Å². The van der Waals surface area contributed by atoms with Crippen LogP contribution in [0.2, 0.25) is 0 Å². The van der Waals surface area contributed by atoms with E-state index in [9.17, 15) is 9.59 Å². The van der Waals surface area contributed by atoms with Crippen molar-refractivity contribution in [2.45, 2.75) is 103 Å². The Morgan fingerprint density at radius 1 is 1.00 bits per heavy atom. The van der Waals surface area contributed by atoms with Gasteiger partial charge in [-0.25, -0.2) is 19.1 Å². The van der Waals surface area contributed by atoms with E-state index in [0.29, 0.717) is 31.0 Å². The van der Waals surface area contributed by atoms with Crippen LogP contribution in [0.1, 0.15) is 79.5 Å². The average Bonchev–Trinajstić information content (AvgIpc) is 3.27. The van der Waals surface area contributed by atoms with E-state index in [-0.39, 0.29) is 11.3 Å². The quantitative estimate of drug-likeness (QED) is 0.307. The molecule has 0 aliphatic carbocycles. The van der Waals surface area contributed by atoms with Crippen molar-refractivity contribution in [3.63, 3.8) is 0 Å². The van der Waals surface area contributed by atoms with Crippen LogP contribution in [0.3, 0.4) is 0 Å². The van der Waals surface area contributed by atoms with Gasteiger partial charge < -0.3 is 14.4 Å². The molecule has 9 nitrogen and oxygen atoms in total. The molecule has 41 heavy (non-hydrogen) atoms. The molecule has 0 unspecified atom stereocenters. The van der Waals surface area contributed by atoms with Gasteiger partial charge in [-0.15, -0.1) is 11.8 Å². The minimum atomic E-state index is -0.652. The summed E-state index contributed by atoms with van der Waals surface area (Å²) < 4.78 is 13.1. The molecule has 3 aromatic rings. The first kappa shape index (κ1) is 32.2. The van der Waals surface area contributed by atoms with E-state index >= 15 is 0 Å². The van der Waals surface area contributed by atoms with Crippen LogP contribution in [0.5, 0.6) is 0 Å². The zero-order chi connectivity index (χ0) is 30.4. The van der Waals surface area contributed by atoms with E-state index in [0.717, 1.165) is 29.1 Å². The van der Waals surface area contributed by atoms with E-state index in [2.05, 4.69) is 4.98 Å². The van der Waals surface area contributed by atoms with Gasteiger partial charge in [0.2, 0.25) is 0 Å². The Bertz CT molecular complexity index is 1310. The van der Waals surface area contributed by atoms with Crippen molar-refractivity contribution < 1.29 is 19.1 Å². The summed E-state index contributed by atoms with van der Waals surface area (Å²) in [5, 5.41) is 5.91. The van der Waals surface area contributed by atoms with E-state index in [1.807, 2.05) is 98.7 Å². The van der Waals surface area contributed by atoms with E-state index < -0.39 is 17.3 Å². The largest absolute Gasteiger partial charge is 0.444 e. The third kappa shape index (κ3) is 9.11. The van der Waals surface area contributed by atoms with Gasteiger partial charge >= 0.3 is 12.2 Å². The number of benzene rings is 1. The molecule has 0 N–H and O–H groups in total. The Morgan fingerprint density at radius 3 is 2.20 bits per heavy atom. The van der Waals surface area contributed by atoms with Crippen LogP contribution in [-0.4, -0.2) is 61.2 Å². The molecule has 1 aliphatic rings. The Kier molecular flexibility index (Phi) is 10.7. The number of piperidine rings is 1. The maximum absolute atomic E-state index is 13.5. The number of ether oxygens (including phenoxy) is 2. The first-order valence-corrected chi connectivity index (χ1v) is 15.2. The number of fused-ring (bicyclic) bond motifs is 1. The molecule has 224 valence electrons. The fraction of sp³-hybridized carbons (Fsp3) is 0.548. The Labute approximate surface area is 248 Å². The predicted octanol–water partition coefficient (Wildman–Crippen LogP) is 7.50. The lowest BCUT2D eigenvalue weighted by molar-refractivity contribution is 0.0219. The van der Waals surface area contributed by atoms with Crippen LogP contribution >= 0.6 is 11.8 Å². The molecule has 1 fully saturated rings. The fourth-order valence-corrected chi connectivity index (χ4v) is 5.38. The molecule has 2 aromatic heterocycles. The molecule has 0 bridgehead atoms. The molecular weight excluding hydrogens is 538 g/mol. The second-order valence-electron chi connectivity index (χ2n) is 11.8. The van der Waals surface area contributed by atoms with Gasteiger partial charge in [0.05, 0.1) is 24.1 Å². The Balaban J connectivity index is 0.00000226. The van der Waals surface area contributed by atoms with E-state index in [1.54, 1.807) is 32.3 Å². The van der Waals surface area contributed by atoms with Crippen molar-refractivity contribution in [2.75, 3.05) is 18.0 Å². The molecular formula is C31H45N5O4S. The number of aryl methyl sites for hydroxylation is 1. The highest BCUT2D eigenvalue weighted by Crippen LogP contribution is 2.34. The molecule has 1 aliphatic heterocycles. The number of aromatic nitrogens is 3. The summed E-state index contributed by atoms with van der Waals surface area (Å²) in [6.07, 6.45) is 2.69. The van der Waals surface area contributed by atoms with Crippen LogP contribution in [0.25, 0.3) is 5.65 Å². The van der Waals surface area contributed by atoms with Crippen molar-refractivity contribution in [2.24, 2.45) is 0 Å². The normalized spacial score (nSPS) is 14.3. The van der Waals surface area contributed by atoms with E-state index in [1.165, 1.54) is 0 Å². The molecule has 0 atom stereocenters. The van der Waals surface area contributed by atoms with Gasteiger partial charge in [0, 0.05) is 18.3 Å². The summed E-state index contributed by atoms with van der Waals surface area (Å²) in [6.45, 7) is 18.7. The topological polar surface area (TPSA) is 89.3 Å². The molecule has 1 saturated heterocycles. The number of amides is 2. The minimum Gasteiger partial charge on any atom is -0.444 e. The molecule has 10 heteroatoms. The highest BCUT2D eigenvalue weighted by Gasteiger charge is 2.30. The highest BCUT2D eigenvalue weighted by molar-refractivity contribution is 7.99. The standard InChI is InChI=1S/C29H39N5O4S.C2H6/c1-20-18-30-25-23(33(27(36)38-29(5,6)7)19-21-11-9-8-10-12-21)17-24(31-34(20)25)39-22-13-15-32(16-14-22)26(35)37-28(2,3)4;1-2/h8-12,17-18,22H,13-16,19H2,1-7H3;1-2H3. The lowest BCUT2D eigenvalue weighted by Gasteiger charge is -2.33. The minimum absolute atomic E-state index is 0.268. The van der Waals surface area contributed by atoms with Crippen LogP contribution in [-0.2, 0) is 16.0 Å². The van der Waals surface area contributed by atoms with Gasteiger partial charge in [0.25, 0.3) is 0 Å². The maximum atomic E-state index is 13.5. The summed E-state index contributed by atoms with van der Waals surface area (Å²) in [7, 11) is 0. The van der Waals surface area contributed by atoms with Gasteiger partial charge in [0.1, 0.15) is 16.2 Å². The maximum Gasteiger partial charge on any atom is 0.415 e. The van der Waals surface area contributed by atoms with Crippen LogP contribution in [0.15, 0.2) is 47.6 Å². The number of likely N-dealkylation sites (tertiary alicyclic amines) is 1. The zero-order valence-corrected chi connectivity index (χ0v) is 26.7. The lowest BCUT2D eigenvalue weighted by Crippen LogP contribution is -2.42. The molecule has 0 saturated carbocycles. The number of hydrogen-bond acceptors (Lipinski definition) is 7. The van der Waals surface area contributed by atoms with Crippen molar-refractivity contribution >= 4 is 35.3 Å². The first-order valence-electron chi connectivity index (χ1n) is 14.3. The van der Waals surface area contributed by atoms with Gasteiger partial charge in [-0.05, 0) is 72.9 Å². The number of anilines is 1. The summed E-state index contributed by atoms with van der Waals surface area (Å²) in [5.74, 6) is 0. The van der Waals surface area contributed by atoms with Crippen LogP contribution in [0.4, 0.5) is 15.3 Å². The molecule has 0 spiro atoms. The highest BCUT2D eigenvalue weighted by atomic mass is 32.2. The second-order valence-corrected chi connectivity index (χ2v) is 13.2. The Hall–Kier alpha value is -3.27.